The maximum absolute atomic E-state index is 4.93. The topological polar surface area (TPSA) is 0 Å². The molecule has 3 saturated carbocycles. The Morgan fingerprint density at radius 2 is 1.53 bits per heavy atom. The summed E-state index contributed by atoms with van der Waals surface area (Å²) in [6.45, 7) is 11.3. The van der Waals surface area contributed by atoms with Gasteiger partial charge in [0, 0.05) is 0 Å². The highest BCUT2D eigenvalue weighted by Crippen LogP contribution is 2.52. The highest BCUT2D eigenvalue weighted by molar-refractivity contribution is 5.19. The first-order valence-electron chi connectivity index (χ1n) is 15.7. The van der Waals surface area contributed by atoms with Crippen molar-refractivity contribution >= 4 is 0 Å². The summed E-state index contributed by atoms with van der Waals surface area (Å²) in [5.41, 5.74) is 2.17. The van der Waals surface area contributed by atoms with Crippen molar-refractivity contribution < 1.29 is 0 Å². The van der Waals surface area contributed by atoms with E-state index in [1.807, 2.05) is 0 Å². The molecule has 34 heavy (non-hydrogen) atoms. The molecular formula is C34H58. The van der Waals surface area contributed by atoms with E-state index in [2.05, 4.69) is 31.7 Å². The molecular weight excluding hydrogens is 408 g/mol. The molecule has 0 radical (unpaired) electrons. The first-order chi connectivity index (χ1) is 16.7. The van der Waals surface area contributed by atoms with Crippen LogP contribution < -0.4 is 0 Å². The molecule has 0 aliphatic heterocycles. The molecule has 194 valence electrons. The second kappa shape index (κ2) is 15.4. The predicted octanol–water partition coefficient (Wildman–Crippen LogP) is 11.4. The van der Waals surface area contributed by atoms with Crippen LogP contribution in [0.3, 0.4) is 0 Å². The fourth-order valence-electron chi connectivity index (χ4n) is 7.74. The van der Waals surface area contributed by atoms with Crippen LogP contribution >= 0.6 is 0 Å². The highest BCUT2D eigenvalue weighted by Gasteiger charge is 2.39. The molecule has 2 unspecified atom stereocenters. The van der Waals surface area contributed by atoms with Crippen molar-refractivity contribution in [3.63, 3.8) is 0 Å². The maximum Gasteiger partial charge on any atom is -0.00878 e. The van der Waals surface area contributed by atoms with E-state index in [4.69, 9.17) is 6.58 Å². The van der Waals surface area contributed by atoms with Crippen molar-refractivity contribution in [3.8, 4) is 0 Å². The molecule has 0 bridgehead atoms. The number of allylic oxidation sites excluding steroid dienone is 4. The lowest BCUT2D eigenvalue weighted by molar-refractivity contribution is 0.172. The number of hydrogen-bond acceptors (Lipinski definition) is 0. The summed E-state index contributed by atoms with van der Waals surface area (Å²) in [7, 11) is 0. The SMILES string of the molecule is C=CC1CCC(CC/C=C/C2CCCCC2C(=C)C2(CCCCCCCC)CCCCC2)CC1. The quantitative estimate of drug-likeness (QED) is 0.176. The summed E-state index contributed by atoms with van der Waals surface area (Å²) in [4.78, 5) is 0. The van der Waals surface area contributed by atoms with Crippen molar-refractivity contribution in [2.24, 2.45) is 29.1 Å². The molecule has 3 rings (SSSR count). The number of rotatable bonds is 14. The first kappa shape index (κ1) is 27.8. The minimum atomic E-state index is 0.473. The van der Waals surface area contributed by atoms with Crippen molar-refractivity contribution in [1.29, 1.82) is 0 Å². The average molecular weight is 467 g/mol. The van der Waals surface area contributed by atoms with Crippen LogP contribution in [0.15, 0.2) is 37.0 Å². The zero-order chi connectivity index (χ0) is 24.1. The standard InChI is InChI=1S/C34H58/c1-4-6-7-8-9-15-26-34(27-16-10-17-28-34)29(3)33-21-14-13-20-32(33)19-12-11-18-31-24-22-30(5-2)23-25-31/h5,12,19,30-33H,2-4,6-11,13-18,20-28H2,1H3/b19-12+. The van der Waals surface area contributed by atoms with E-state index in [-0.39, 0.29) is 0 Å². The molecule has 3 aliphatic rings. The van der Waals surface area contributed by atoms with Crippen molar-refractivity contribution in [2.75, 3.05) is 0 Å². The second-order valence-electron chi connectivity index (χ2n) is 12.5. The normalized spacial score (nSPS) is 29.8. The lowest BCUT2D eigenvalue weighted by Crippen LogP contribution is -2.33. The zero-order valence-corrected chi connectivity index (χ0v) is 23.0. The minimum absolute atomic E-state index is 0.473. The smallest absolute Gasteiger partial charge is 0.00878 e. The third-order valence-electron chi connectivity index (χ3n) is 10.1. The summed E-state index contributed by atoms with van der Waals surface area (Å²) in [6, 6.07) is 0. The van der Waals surface area contributed by atoms with E-state index >= 15 is 0 Å². The van der Waals surface area contributed by atoms with Gasteiger partial charge in [-0.1, -0.05) is 108 Å². The van der Waals surface area contributed by atoms with E-state index in [1.54, 1.807) is 5.57 Å². The monoisotopic (exact) mass is 466 g/mol. The third-order valence-corrected chi connectivity index (χ3v) is 10.1. The Kier molecular flexibility index (Phi) is 12.6. The van der Waals surface area contributed by atoms with E-state index < -0.39 is 0 Å². The number of hydrogen-bond donors (Lipinski definition) is 0. The van der Waals surface area contributed by atoms with Gasteiger partial charge in [0.1, 0.15) is 0 Å². The Labute approximate surface area is 214 Å². The Balaban J connectivity index is 1.52. The fourth-order valence-corrected chi connectivity index (χ4v) is 7.74. The molecule has 0 heterocycles. The minimum Gasteiger partial charge on any atom is -0.103 e. The van der Waals surface area contributed by atoms with Crippen LogP contribution in [0.4, 0.5) is 0 Å². The van der Waals surface area contributed by atoms with Gasteiger partial charge in [-0.05, 0) is 99.7 Å². The summed E-state index contributed by atoms with van der Waals surface area (Å²) < 4.78 is 0. The first-order valence-corrected chi connectivity index (χ1v) is 15.7. The van der Waals surface area contributed by atoms with E-state index in [9.17, 15) is 0 Å². The summed E-state index contributed by atoms with van der Waals surface area (Å²) in [6.07, 6.45) is 38.5. The Morgan fingerprint density at radius 3 is 2.26 bits per heavy atom. The van der Waals surface area contributed by atoms with E-state index in [0.29, 0.717) is 5.41 Å². The molecule has 0 saturated heterocycles. The Hall–Kier alpha value is -0.780. The van der Waals surface area contributed by atoms with Gasteiger partial charge in [0.05, 0.1) is 0 Å². The molecule has 0 aromatic rings. The van der Waals surface area contributed by atoms with Gasteiger partial charge in [-0.3, -0.25) is 0 Å². The molecule has 0 nitrogen and oxygen atoms in total. The van der Waals surface area contributed by atoms with Gasteiger partial charge in [0.2, 0.25) is 0 Å². The van der Waals surface area contributed by atoms with Crippen LogP contribution in [0.5, 0.6) is 0 Å². The summed E-state index contributed by atoms with van der Waals surface area (Å²) in [5, 5.41) is 0. The van der Waals surface area contributed by atoms with Gasteiger partial charge < -0.3 is 0 Å². The Bertz CT molecular complexity index is 596. The predicted molar refractivity (Wildman–Crippen MR) is 152 cm³/mol. The van der Waals surface area contributed by atoms with Crippen LogP contribution in [0, 0.1) is 29.1 Å². The number of unbranched alkanes of at least 4 members (excludes halogenated alkanes) is 5. The Morgan fingerprint density at radius 1 is 0.824 bits per heavy atom. The molecule has 3 fully saturated rings. The van der Waals surface area contributed by atoms with Crippen LogP contribution in [-0.2, 0) is 0 Å². The largest absolute Gasteiger partial charge is 0.103 e. The van der Waals surface area contributed by atoms with Gasteiger partial charge in [0.25, 0.3) is 0 Å². The van der Waals surface area contributed by atoms with Gasteiger partial charge in [-0.15, -0.1) is 6.58 Å². The lowest BCUT2D eigenvalue weighted by atomic mass is 9.60. The zero-order valence-electron chi connectivity index (χ0n) is 23.0. The van der Waals surface area contributed by atoms with Gasteiger partial charge in [-0.25, -0.2) is 0 Å². The van der Waals surface area contributed by atoms with Crippen molar-refractivity contribution in [2.45, 2.75) is 148 Å². The van der Waals surface area contributed by atoms with Crippen LogP contribution in [-0.4, -0.2) is 0 Å². The molecule has 0 spiro atoms. The van der Waals surface area contributed by atoms with E-state index in [0.717, 1.165) is 23.7 Å². The maximum atomic E-state index is 4.93. The molecule has 2 atom stereocenters. The fraction of sp³-hybridized carbons (Fsp3) is 0.824. The molecule has 3 aliphatic carbocycles. The highest BCUT2D eigenvalue weighted by atomic mass is 14.4. The van der Waals surface area contributed by atoms with Crippen LogP contribution in [0.25, 0.3) is 0 Å². The summed E-state index contributed by atoms with van der Waals surface area (Å²) >= 11 is 0. The molecule has 0 amide bonds. The van der Waals surface area contributed by atoms with Gasteiger partial charge >= 0.3 is 0 Å². The van der Waals surface area contributed by atoms with Gasteiger partial charge in [0.15, 0.2) is 0 Å². The molecule has 0 N–H and O–H groups in total. The molecule has 0 aromatic heterocycles. The van der Waals surface area contributed by atoms with Crippen molar-refractivity contribution in [1.82, 2.24) is 0 Å². The average Bonchev–Trinajstić information content (AvgIpc) is 2.89. The van der Waals surface area contributed by atoms with Crippen LogP contribution in [0.2, 0.25) is 0 Å². The van der Waals surface area contributed by atoms with Gasteiger partial charge in [-0.2, -0.15) is 0 Å². The van der Waals surface area contributed by atoms with E-state index in [1.165, 1.54) is 141 Å². The second-order valence-corrected chi connectivity index (χ2v) is 12.5. The molecule has 0 aromatic carbocycles. The van der Waals surface area contributed by atoms with Crippen LogP contribution in [0.1, 0.15) is 148 Å². The van der Waals surface area contributed by atoms with Crippen molar-refractivity contribution in [3.05, 3.63) is 37.0 Å². The lowest BCUT2D eigenvalue weighted by Gasteiger charge is -2.45. The third kappa shape index (κ3) is 8.41. The summed E-state index contributed by atoms with van der Waals surface area (Å²) in [5.74, 6) is 3.28. The molecule has 0 heteroatoms.